The number of benzene rings is 1. The van der Waals surface area contributed by atoms with E-state index in [1.807, 2.05) is 19.1 Å². The summed E-state index contributed by atoms with van der Waals surface area (Å²) < 4.78 is 17.2. The molecule has 152 valence electrons. The van der Waals surface area contributed by atoms with Crippen LogP contribution in [0.3, 0.4) is 0 Å². The Morgan fingerprint density at radius 3 is 2.63 bits per heavy atom. The zero-order valence-electron chi connectivity index (χ0n) is 16.3. The zero-order valence-corrected chi connectivity index (χ0v) is 17.9. The maximum Gasteiger partial charge on any atom is 0.191 e. The number of ether oxygens (including phenoxy) is 3. The second-order valence-corrected chi connectivity index (χ2v) is 7.48. The molecule has 1 heterocycles. The Balaban J connectivity index is 2.09. The maximum atomic E-state index is 9.38. The van der Waals surface area contributed by atoms with Gasteiger partial charge in [-0.3, -0.25) is 0 Å². The molecule has 0 radical (unpaired) electrons. The number of hydrogen-bond acceptors (Lipinski definition) is 5. The number of hydrogen-bond donors (Lipinski definition) is 3. The van der Waals surface area contributed by atoms with Gasteiger partial charge in [0, 0.05) is 36.2 Å². The minimum Gasteiger partial charge on any atom is -0.493 e. The predicted octanol–water partition coefficient (Wildman–Crippen LogP) is 2.31. The van der Waals surface area contributed by atoms with Crippen molar-refractivity contribution < 1.29 is 19.3 Å². The van der Waals surface area contributed by atoms with Crippen molar-refractivity contribution in [1.82, 2.24) is 10.6 Å². The average Bonchev–Trinajstić information content (AvgIpc) is 3.13. The van der Waals surface area contributed by atoms with Crippen molar-refractivity contribution in [3.8, 4) is 11.5 Å². The first-order valence-corrected chi connectivity index (χ1v) is 9.98. The summed E-state index contributed by atoms with van der Waals surface area (Å²) in [6, 6.07) is 3.81. The summed E-state index contributed by atoms with van der Waals surface area (Å²) in [6.45, 7) is 5.58. The molecule has 0 spiro atoms. The number of aliphatic imine (C=N–C) groups is 1. The van der Waals surface area contributed by atoms with Crippen LogP contribution in [0, 0.1) is 5.41 Å². The average molecular weight is 444 g/mol. The molecule has 3 N–H and O–H groups in total. The van der Waals surface area contributed by atoms with Gasteiger partial charge < -0.3 is 30.0 Å². The molecule has 0 aromatic heterocycles. The number of nitrogens with one attached hydrogen (secondary N) is 2. The number of methoxy groups -OCH3 is 2. The third kappa shape index (κ3) is 5.99. The summed E-state index contributed by atoms with van der Waals surface area (Å²) in [5.74, 6) is 2.09. The van der Waals surface area contributed by atoms with Crippen LogP contribution in [0.4, 0.5) is 0 Å². The van der Waals surface area contributed by atoms with Crippen LogP contribution in [0.25, 0.3) is 0 Å². The maximum absolute atomic E-state index is 9.38. The van der Waals surface area contributed by atoms with Gasteiger partial charge in [-0.05, 0) is 37.5 Å². The number of aliphatic hydroxyl groups excluding tert-OH is 1. The van der Waals surface area contributed by atoms with Gasteiger partial charge in [-0.1, -0.05) is 15.9 Å². The van der Waals surface area contributed by atoms with Gasteiger partial charge in [0.25, 0.3) is 0 Å². The van der Waals surface area contributed by atoms with E-state index in [1.165, 1.54) is 0 Å². The fourth-order valence-corrected chi connectivity index (χ4v) is 3.55. The third-order valence-corrected chi connectivity index (χ3v) is 5.50. The predicted molar refractivity (Wildman–Crippen MR) is 110 cm³/mol. The summed E-state index contributed by atoms with van der Waals surface area (Å²) in [5, 5.41) is 16.1. The molecule has 1 saturated heterocycles. The number of nitrogens with zero attached hydrogens (tertiary/aromatic N) is 1. The van der Waals surface area contributed by atoms with Crippen LogP contribution in [0.2, 0.25) is 0 Å². The van der Waals surface area contributed by atoms with Crippen LogP contribution in [0.15, 0.2) is 21.6 Å². The molecule has 8 heteroatoms. The fraction of sp³-hybridized carbons (Fsp3) is 0.632. The lowest BCUT2D eigenvalue weighted by molar-refractivity contribution is 0.127. The van der Waals surface area contributed by atoms with E-state index in [4.69, 9.17) is 19.2 Å². The molecule has 1 aromatic carbocycles. The second kappa shape index (κ2) is 10.7. The van der Waals surface area contributed by atoms with E-state index in [0.29, 0.717) is 31.2 Å². The Bertz CT molecular complexity index is 634. The molecule has 7 nitrogen and oxygen atoms in total. The molecule has 1 aromatic rings. The minimum atomic E-state index is -0.0329. The van der Waals surface area contributed by atoms with Crippen LogP contribution < -0.4 is 20.1 Å². The summed E-state index contributed by atoms with van der Waals surface area (Å²) in [4.78, 5) is 4.69. The topological polar surface area (TPSA) is 84.3 Å². The molecule has 0 saturated carbocycles. The van der Waals surface area contributed by atoms with Crippen LogP contribution in [0.1, 0.15) is 25.3 Å². The standard InChI is InChI=1S/C19H30BrN3O4/c1-4-21-18(23-12-19(5-7-24)6-8-27-13-19)22-11-14-9-16(25-2)17(26-3)10-15(14)20/h9-10,24H,4-8,11-13H2,1-3H3,(H2,21,22,23). The molecule has 27 heavy (non-hydrogen) atoms. The summed E-state index contributed by atoms with van der Waals surface area (Å²) in [5.41, 5.74) is 0.966. The van der Waals surface area contributed by atoms with Gasteiger partial charge in [-0.2, -0.15) is 0 Å². The minimum absolute atomic E-state index is 0.0329. The Morgan fingerprint density at radius 1 is 1.30 bits per heavy atom. The van der Waals surface area contributed by atoms with Crippen molar-refractivity contribution in [3.63, 3.8) is 0 Å². The van der Waals surface area contributed by atoms with Crippen molar-refractivity contribution in [2.24, 2.45) is 10.4 Å². The van der Waals surface area contributed by atoms with E-state index >= 15 is 0 Å². The normalized spacial score (nSPS) is 19.8. The highest BCUT2D eigenvalue weighted by Crippen LogP contribution is 2.34. The first-order valence-electron chi connectivity index (χ1n) is 9.18. The van der Waals surface area contributed by atoms with Crippen LogP contribution in [-0.2, 0) is 11.3 Å². The van der Waals surface area contributed by atoms with Crippen LogP contribution in [0.5, 0.6) is 11.5 Å². The summed E-state index contributed by atoms with van der Waals surface area (Å²) >= 11 is 3.57. The van der Waals surface area contributed by atoms with Gasteiger partial charge in [0.2, 0.25) is 0 Å². The van der Waals surface area contributed by atoms with E-state index < -0.39 is 0 Å². The number of aliphatic hydroxyl groups is 1. The molecule has 0 bridgehead atoms. The molecule has 0 aliphatic carbocycles. The molecule has 0 amide bonds. The molecular formula is C19H30BrN3O4. The molecule has 1 aliphatic rings. The van der Waals surface area contributed by atoms with Crippen molar-refractivity contribution in [2.45, 2.75) is 26.3 Å². The molecule has 1 fully saturated rings. The molecular weight excluding hydrogens is 414 g/mol. The van der Waals surface area contributed by atoms with Crippen LogP contribution >= 0.6 is 15.9 Å². The highest BCUT2D eigenvalue weighted by atomic mass is 79.9. The lowest BCUT2D eigenvalue weighted by Crippen LogP contribution is -2.44. The van der Waals surface area contributed by atoms with E-state index in [0.717, 1.165) is 42.0 Å². The van der Waals surface area contributed by atoms with Crippen molar-refractivity contribution in [1.29, 1.82) is 0 Å². The second-order valence-electron chi connectivity index (χ2n) is 6.62. The first kappa shape index (κ1) is 21.8. The highest BCUT2D eigenvalue weighted by molar-refractivity contribution is 9.10. The van der Waals surface area contributed by atoms with Gasteiger partial charge in [0.05, 0.1) is 27.4 Å². The monoisotopic (exact) mass is 443 g/mol. The number of guanidine groups is 1. The fourth-order valence-electron chi connectivity index (χ4n) is 3.11. The Kier molecular flexibility index (Phi) is 8.66. The molecule has 1 unspecified atom stereocenters. The van der Waals surface area contributed by atoms with Crippen molar-refractivity contribution in [2.75, 3.05) is 47.1 Å². The quantitative estimate of drug-likeness (QED) is 0.401. The number of halogens is 1. The van der Waals surface area contributed by atoms with Gasteiger partial charge in [-0.25, -0.2) is 4.99 Å². The van der Waals surface area contributed by atoms with Gasteiger partial charge in [0.1, 0.15) is 0 Å². The Hall–Kier alpha value is -1.51. The Morgan fingerprint density at radius 2 is 2.04 bits per heavy atom. The highest BCUT2D eigenvalue weighted by Gasteiger charge is 2.34. The summed E-state index contributed by atoms with van der Waals surface area (Å²) in [6.07, 6.45) is 1.67. The van der Waals surface area contributed by atoms with Crippen LogP contribution in [-0.4, -0.2) is 58.2 Å². The van der Waals surface area contributed by atoms with E-state index in [2.05, 4.69) is 26.6 Å². The Labute approximate surface area is 169 Å². The van der Waals surface area contributed by atoms with Crippen molar-refractivity contribution >= 4 is 21.9 Å². The molecule has 1 atom stereocenters. The third-order valence-electron chi connectivity index (χ3n) is 4.76. The van der Waals surface area contributed by atoms with E-state index in [1.54, 1.807) is 14.2 Å². The lowest BCUT2D eigenvalue weighted by Gasteiger charge is -2.27. The van der Waals surface area contributed by atoms with E-state index in [9.17, 15) is 5.11 Å². The van der Waals surface area contributed by atoms with Gasteiger partial charge in [-0.15, -0.1) is 0 Å². The zero-order chi connectivity index (χ0) is 19.7. The van der Waals surface area contributed by atoms with Gasteiger partial charge in [0.15, 0.2) is 17.5 Å². The van der Waals surface area contributed by atoms with Crippen molar-refractivity contribution in [3.05, 3.63) is 22.2 Å². The number of rotatable bonds is 9. The van der Waals surface area contributed by atoms with Gasteiger partial charge >= 0.3 is 0 Å². The van der Waals surface area contributed by atoms with E-state index in [-0.39, 0.29) is 12.0 Å². The molecule has 1 aliphatic heterocycles. The first-order chi connectivity index (χ1) is 13.1. The smallest absolute Gasteiger partial charge is 0.191 e. The largest absolute Gasteiger partial charge is 0.493 e. The SMILES string of the molecule is CCNC(=NCc1cc(OC)c(OC)cc1Br)NCC1(CCO)CCOC1. The lowest BCUT2D eigenvalue weighted by atomic mass is 9.84. The summed E-state index contributed by atoms with van der Waals surface area (Å²) in [7, 11) is 3.24. The molecule has 2 rings (SSSR count).